The van der Waals surface area contributed by atoms with Gasteiger partial charge < -0.3 is 19.5 Å². The summed E-state index contributed by atoms with van der Waals surface area (Å²) in [6.45, 7) is 3.57. The van der Waals surface area contributed by atoms with Crippen LogP contribution in [0.15, 0.2) is 20.3 Å². The number of carbonyl (C=O) groups is 1. The Labute approximate surface area is 168 Å². The molecule has 2 N–H and O–H groups in total. The van der Waals surface area contributed by atoms with Crippen molar-refractivity contribution >= 4 is 34.1 Å². The molecule has 0 fully saturated rings. The lowest BCUT2D eigenvalue weighted by Crippen LogP contribution is -2.37. The number of fused-ring (bicyclic) bond motifs is 2. The van der Waals surface area contributed by atoms with Crippen molar-refractivity contribution in [2.24, 2.45) is 14.1 Å². The van der Waals surface area contributed by atoms with Crippen LogP contribution in [0.2, 0.25) is 0 Å². The van der Waals surface area contributed by atoms with Crippen molar-refractivity contribution in [3.8, 4) is 0 Å². The zero-order chi connectivity index (χ0) is 21.7. The van der Waals surface area contributed by atoms with Gasteiger partial charge in [-0.3, -0.25) is 13.9 Å². The van der Waals surface area contributed by atoms with Crippen LogP contribution in [0.3, 0.4) is 0 Å². The Balaban J connectivity index is 1.84. The predicted molar refractivity (Wildman–Crippen MR) is 106 cm³/mol. The van der Waals surface area contributed by atoms with Crippen molar-refractivity contribution < 1.29 is 13.9 Å². The van der Waals surface area contributed by atoms with Gasteiger partial charge in [0.25, 0.3) is 5.56 Å². The number of hydrogen-bond acceptors (Lipinski definition) is 9. The Morgan fingerprint density at radius 2 is 1.97 bits per heavy atom. The fourth-order valence-electron chi connectivity index (χ4n) is 3.37. The Kier molecular flexibility index (Phi) is 4.41. The molecule has 4 rings (SSSR count). The first-order valence-corrected chi connectivity index (χ1v) is 9.08. The minimum Gasteiger partial charge on any atom is -0.462 e. The third-order valence-corrected chi connectivity index (χ3v) is 4.81. The summed E-state index contributed by atoms with van der Waals surface area (Å²) in [6, 6.07) is 0. The number of aromatic nitrogens is 6. The maximum atomic E-state index is 12.6. The topological polar surface area (TPSA) is 153 Å². The van der Waals surface area contributed by atoms with Crippen LogP contribution in [0.1, 0.15) is 28.9 Å². The molecule has 156 valence electrons. The van der Waals surface area contributed by atoms with E-state index >= 15 is 0 Å². The molecule has 0 saturated heterocycles. The van der Waals surface area contributed by atoms with Crippen molar-refractivity contribution in [2.75, 3.05) is 12.3 Å². The summed E-state index contributed by atoms with van der Waals surface area (Å²) < 4.78 is 14.5. The Bertz CT molecular complexity index is 1440. The summed E-state index contributed by atoms with van der Waals surface area (Å²) in [5.74, 6) is 0.0550. The molecule has 4 aromatic rings. The highest BCUT2D eigenvalue weighted by Gasteiger charge is 2.24. The van der Waals surface area contributed by atoms with E-state index in [0.717, 1.165) is 4.57 Å². The van der Waals surface area contributed by atoms with Gasteiger partial charge in [0.2, 0.25) is 5.71 Å². The third-order valence-electron chi connectivity index (χ3n) is 4.81. The minimum atomic E-state index is -0.568. The van der Waals surface area contributed by atoms with E-state index in [9.17, 15) is 14.4 Å². The van der Waals surface area contributed by atoms with E-state index < -0.39 is 17.2 Å². The van der Waals surface area contributed by atoms with Crippen molar-refractivity contribution in [1.29, 1.82) is 0 Å². The van der Waals surface area contributed by atoms with Gasteiger partial charge in [-0.1, -0.05) is 0 Å². The largest absolute Gasteiger partial charge is 0.462 e. The van der Waals surface area contributed by atoms with Gasteiger partial charge in [-0.05, 0) is 13.8 Å². The minimum absolute atomic E-state index is 0.0541. The summed E-state index contributed by atoms with van der Waals surface area (Å²) in [5.41, 5.74) is 5.93. The van der Waals surface area contributed by atoms with E-state index in [1.165, 1.54) is 29.6 Å². The van der Waals surface area contributed by atoms with Gasteiger partial charge >= 0.3 is 11.7 Å². The van der Waals surface area contributed by atoms with E-state index in [4.69, 9.17) is 14.9 Å². The molecule has 0 unspecified atom stereocenters. The van der Waals surface area contributed by atoms with Crippen molar-refractivity contribution in [2.45, 2.75) is 20.4 Å². The number of anilines is 1. The number of imidazole rings is 1. The normalized spacial score (nSPS) is 11.5. The summed E-state index contributed by atoms with van der Waals surface area (Å²) in [7, 11) is 2.93. The first kappa shape index (κ1) is 19.4. The third kappa shape index (κ3) is 2.76. The summed E-state index contributed by atoms with van der Waals surface area (Å²) in [4.78, 5) is 49.7. The molecule has 0 saturated carbocycles. The molecular formula is C18H19N7O5. The van der Waals surface area contributed by atoms with Gasteiger partial charge in [-0.2, -0.15) is 4.98 Å². The molecule has 4 heterocycles. The van der Waals surface area contributed by atoms with Crippen LogP contribution < -0.4 is 17.0 Å². The lowest BCUT2D eigenvalue weighted by molar-refractivity contribution is 0.0526. The number of nitrogens with zero attached hydrogens (tertiary/aromatic N) is 6. The molecule has 12 heteroatoms. The molecular weight excluding hydrogens is 394 g/mol. The number of carbonyl (C=O) groups excluding carboxylic acids is 1. The number of aryl methyl sites for hydroxylation is 2. The van der Waals surface area contributed by atoms with Crippen LogP contribution >= 0.6 is 0 Å². The molecule has 0 aliphatic heterocycles. The van der Waals surface area contributed by atoms with E-state index in [-0.39, 0.29) is 52.6 Å². The highest BCUT2D eigenvalue weighted by Crippen LogP contribution is 2.29. The smallest absolute Gasteiger partial charge is 0.342 e. The summed E-state index contributed by atoms with van der Waals surface area (Å²) >= 11 is 0. The number of esters is 1. The molecule has 0 spiro atoms. The highest BCUT2D eigenvalue weighted by molar-refractivity contribution is 6.07. The number of furan rings is 1. The van der Waals surface area contributed by atoms with Crippen molar-refractivity contribution in [3.63, 3.8) is 0 Å². The summed E-state index contributed by atoms with van der Waals surface area (Å²) in [6.07, 6.45) is 1.42. The zero-order valence-corrected chi connectivity index (χ0v) is 16.8. The number of ether oxygens (including phenoxy) is 1. The quantitative estimate of drug-likeness (QED) is 0.458. The van der Waals surface area contributed by atoms with Crippen molar-refractivity contribution in [1.82, 2.24) is 28.7 Å². The molecule has 0 aliphatic rings. The molecule has 4 aromatic heterocycles. The van der Waals surface area contributed by atoms with E-state index in [1.807, 2.05) is 0 Å². The lowest BCUT2D eigenvalue weighted by Gasteiger charge is -2.07. The second kappa shape index (κ2) is 6.83. The fraction of sp³-hybridized carbons (Fsp3) is 0.333. The second-order valence-electron chi connectivity index (χ2n) is 6.71. The zero-order valence-electron chi connectivity index (χ0n) is 16.8. The van der Waals surface area contributed by atoms with Crippen LogP contribution in [0.25, 0.3) is 22.3 Å². The van der Waals surface area contributed by atoms with Gasteiger partial charge in [-0.25, -0.2) is 19.6 Å². The molecule has 0 atom stereocenters. The molecule has 0 aromatic carbocycles. The van der Waals surface area contributed by atoms with E-state index in [0.29, 0.717) is 5.76 Å². The van der Waals surface area contributed by atoms with Gasteiger partial charge in [0.15, 0.2) is 17.0 Å². The standard InChI is InChI=1S/C18H19N7O5/c1-5-29-17(27)10-8(2)30-15-11(10)13(19)21-9(22-15)6-25-7-20-14-12(25)16(26)24(4)18(28)23(14)3/h7H,5-6H2,1-4H3,(H2,19,21,22). The maximum absolute atomic E-state index is 12.6. The molecule has 0 bridgehead atoms. The first-order valence-electron chi connectivity index (χ1n) is 9.08. The molecule has 12 nitrogen and oxygen atoms in total. The fourth-order valence-corrected chi connectivity index (χ4v) is 3.37. The monoisotopic (exact) mass is 413 g/mol. The van der Waals surface area contributed by atoms with Crippen LogP contribution in [0.5, 0.6) is 0 Å². The van der Waals surface area contributed by atoms with Crippen LogP contribution in [-0.2, 0) is 25.4 Å². The van der Waals surface area contributed by atoms with Crippen LogP contribution in [-0.4, -0.2) is 41.2 Å². The van der Waals surface area contributed by atoms with Gasteiger partial charge in [-0.15, -0.1) is 0 Å². The van der Waals surface area contributed by atoms with E-state index in [2.05, 4.69) is 15.0 Å². The molecule has 30 heavy (non-hydrogen) atoms. The summed E-state index contributed by atoms with van der Waals surface area (Å²) in [5, 5.41) is 0.281. The Hall–Kier alpha value is -3.96. The number of nitrogens with two attached hydrogens (primary N) is 1. The number of nitrogen functional groups attached to an aromatic ring is 1. The second-order valence-corrected chi connectivity index (χ2v) is 6.71. The maximum Gasteiger partial charge on any atom is 0.342 e. The van der Waals surface area contributed by atoms with E-state index in [1.54, 1.807) is 13.8 Å². The molecule has 0 aliphatic carbocycles. The van der Waals surface area contributed by atoms with Gasteiger partial charge in [0.1, 0.15) is 17.1 Å². The lowest BCUT2D eigenvalue weighted by atomic mass is 10.2. The molecule has 0 amide bonds. The van der Waals surface area contributed by atoms with Gasteiger partial charge in [0, 0.05) is 14.1 Å². The Morgan fingerprint density at radius 1 is 1.23 bits per heavy atom. The average Bonchev–Trinajstić information content (AvgIpc) is 3.25. The highest BCUT2D eigenvalue weighted by atomic mass is 16.5. The number of hydrogen-bond donors (Lipinski definition) is 1. The SMILES string of the molecule is CCOC(=O)c1c(C)oc2nc(Cn3cnc4c3c(=O)n(C)c(=O)n4C)nc(N)c12. The number of rotatable bonds is 4. The Morgan fingerprint density at radius 3 is 2.67 bits per heavy atom. The van der Waals surface area contributed by atoms with Crippen LogP contribution in [0, 0.1) is 6.92 Å². The molecule has 0 radical (unpaired) electrons. The van der Waals surface area contributed by atoms with Crippen LogP contribution in [0.4, 0.5) is 5.82 Å². The first-order chi connectivity index (χ1) is 14.2. The predicted octanol–water partition coefficient (Wildman–Crippen LogP) is 0.0855. The average molecular weight is 413 g/mol. The van der Waals surface area contributed by atoms with Gasteiger partial charge in [0.05, 0.1) is 24.9 Å². The van der Waals surface area contributed by atoms with Crippen molar-refractivity contribution in [3.05, 3.63) is 44.3 Å².